The van der Waals surface area contributed by atoms with Crippen molar-refractivity contribution in [2.24, 2.45) is 0 Å². The van der Waals surface area contributed by atoms with Crippen LogP contribution in [0.15, 0.2) is 41.8 Å². The van der Waals surface area contributed by atoms with Gasteiger partial charge in [-0.25, -0.2) is 0 Å². The fourth-order valence-electron chi connectivity index (χ4n) is 3.10. The van der Waals surface area contributed by atoms with E-state index in [0.717, 1.165) is 17.7 Å². The summed E-state index contributed by atoms with van der Waals surface area (Å²) in [5.74, 6) is -0.152. The molecule has 0 radical (unpaired) electrons. The van der Waals surface area contributed by atoms with Gasteiger partial charge in [0.1, 0.15) is 0 Å². The summed E-state index contributed by atoms with van der Waals surface area (Å²) in [5, 5.41) is 7.94. The van der Waals surface area contributed by atoms with Gasteiger partial charge in [-0.2, -0.15) is 0 Å². The van der Waals surface area contributed by atoms with E-state index in [1.807, 2.05) is 29.6 Å². The first-order valence-corrected chi connectivity index (χ1v) is 8.69. The lowest BCUT2D eigenvalue weighted by Gasteiger charge is -2.19. The number of rotatable bonds is 5. The van der Waals surface area contributed by atoms with E-state index in [0.29, 0.717) is 0 Å². The van der Waals surface area contributed by atoms with Gasteiger partial charge in [0.25, 0.3) is 0 Å². The average molecular weight is 328 g/mol. The van der Waals surface area contributed by atoms with Crippen LogP contribution in [-0.4, -0.2) is 11.8 Å². The first-order chi connectivity index (χ1) is 11.1. The highest BCUT2D eigenvalue weighted by Gasteiger charge is 2.25. The quantitative estimate of drug-likeness (QED) is 0.886. The monoisotopic (exact) mass is 328 g/mol. The topological polar surface area (TPSA) is 58.2 Å². The Labute approximate surface area is 139 Å². The Morgan fingerprint density at radius 1 is 1.26 bits per heavy atom. The summed E-state index contributed by atoms with van der Waals surface area (Å²) in [6.45, 7) is 1.48. The summed E-state index contributed by atoms with van der Waals surface area (Å²) in [5.41, 5.74) is 2.53. The van der Waals surface area contributed by atoms with Crippen LogP contribution in [0.4, 0.5) is 0 Å². The lowest BCUT2D eigenvalue weighted by atomic mass is 10.1. The third kappa shape index (κ3) is 3.79. The van der Waals surface area contributed by atoms with Crippen molar-refractivity contribution in [3.05, 3.63) is 57.8 Å². The van der Waals surface area contributed by atoms with Crippen LogP contribution < -0.4 is 10.6 Å². The second kappa shape index (κ2) is 6.96. The summed E-state index contributed by atoms with van der Waals surface area (Å²) in [4.78, 5) is 24.8. The first-order valence-electron chi connectivity index (χ1n) is 7.81. The van der Waals surface area contributed by atoms with E-state index in [1.165, 1.54) is 18.1 Å². The van der Waals surface area contributed by atoms with Crippen LogP contribution in [0.3, 0.4) is 0 Å². The van der Waals surface area contributed by atoms with Crippen molar-refractivity contribution >= 4 is 23.2 Å². The fraction of sp³-hybridized carbons (Fsp3) is 0.333. The van der Waals surface area contributed by atoms with Gasteiger partial charge in [-0.1, -0.05) is 30.3 Å². The normalized spacial score (nSPS) is 17.3. The Morgan fingerprint density at radius 2 is 2.09 bits per heavy atom. The number of hydrogen-bond donors (Lipinski definition) is 2. The molecule has 2 aromatic rings. The molecular weight excluding hydrogens is 308 g/mol. The first kappa shape index (κ1) is 15.7. The van der Waals surface area contributed by atoms with Gasteiger partial charge in [0.05, 0.1) is 18.5 Å². The van der Waals surface area contributed by atoms with E-state index >= 15 is 0 Å². The van der Waals surface area contributed by atoms with Crippen LogP contribution in [0.25, 0.3) is 0 Å². The molecule has 1 aliphatic rings. The molecule has 120 valence electrons. The molecule has 3 rings (SSSR count). The highest BCUT2D eigenvalue weighted by molar-refractivity contribution is 7.10. The van der Waals surface area contributed by atoms with Gasteiger partial charge in [-0.15, -0.1) is 11.3 Å². The number of aryl methyl sites for hydroxylation is 1. The molecule has 0 saturated heterocycles. The van der Waals surface area contributed by atoms with E-state index < -0.39 is 0 Å². The third-order valence-electron chi connectivity index (χ3n) is 4.12. The van der Waals surface area contributed by atoms with Crippen LogP contribution in [0.1, 0.15) is 47.9 Å². The van der Waals surface area contributed by atoms with Crippen molar-refractivity contribution in [2.45, 2.75) is 38.3 Å². The van der Waals surface area contributed by atoms with Crippen molar-refractivity contribution in [2.75, 3.05) is 0 Å². The smallest absolute Gasteiger partial charge is 0.222 e. The zero-order chi connectivity index (χ0) is 16.2. The van der Waals surface area contributed by atoms with Crippen molar-refractivity contribution in [3.63, 3.8) is 0 Å². The summed E-state index contributed by atoms with van der Waals surface area (Å²) < 4.78 is 0. The molecular formula is C18H20N2O2S. The Balaban J connectivity index is 1.65. The number of amides is 2. The molecule has 1 aliphatic carbocycles. The Morgan fingerprint density at radius 3 is 2.83 bits per heavy atom. The van der Waals surface area contributed by atoms with Gasteiger partial charge in [0.2, 0.25) is 11.8 Å². The number of nitrogens with one attached hydrogen (secondary N) is 2. The zero-order valence-electron chi connectivity index (χ0n) is 13.0. The van der Waals surface area contributed by atoms with Gasteiger partial charge in [0, 0.05) is 11.8 Å². The number of carbonyl (C=O) groups is 2. The Hall–Kier alpha value is -2.14. The molecule has 2 amide bonds. The molecule has 1 aromatic carbocycles. The molecule has 2 atom stereocenters. The highest BCUT2D eigenvalue weighted by atomic mass is 32.1. The summed E-state index contributed by atoms with van der Waals surface area (Å²) in [7, 11) is 0. The second-order valence-corrected chi connectivity index (χ2v) is 6.81. The molecule has 0 bridgehead atoms. The molecule has 1 heterocycles. The van der Waals surface area contributed by atoms with Crippen molar-refractivity contribution in [3.8, 4) is 0 Å². The SMILES string of the molecule is CC(=O)N[C@H](CC(=O)N[C@@H]1CCc2ccccc21)c1cccs1. The van der Waals surface area contributed by atoms with Crippen LogP contribution in [0.5, 0.6) is 0 Å². The van der Waals surface area contributed by atoms with Crippen molar-refractivity contribution in [1.82, 2.24) is 10.6 Å². The van der Waals surface area contributed by atoms with Gasteiger partial charge in [0.15, 0.2) is 0 Å². The Bertz CT molecular complexity index is 697. The molecule has 5 heteroatoms. The number of thiophene rings is 1. The van der Waals surface area contributed by atoms with E-state index in [2.05, 4.69) is 22.8 Å². The predicted molar refractivity (Wildman–Crippen MR) is 91.1 cm³/mol. The number of benzene rings is 1. The van der Waals surface area contributed by atoms with E-state index in [-0.39, 0.29) is 30.3 Å². The highest BCUT2D eigenvalue weighted by Crippen LogP contribution is 2.31. The standard InChI is InChI=1S/C18H20N2O2S/c1-12(21)19-16(17-7-4-10-23-17)11-18(22)20-15-9-8-13-5-2-3-6-14(13)15/h2-7,10,15-16H,8-9,11H2,1H3,(H,19,21)(H,20,22)/t15-,16-/m1/s1. The summed E-state index contributed by atoms with van der Waals surface area (Å²) in [6, 6.07) is 11.9. The van der Waals surface area contributed by atoms with Gasteiger partial charge >= 0.3 is 0 Å². The predicted octanol–water partition coefficient (Wildman–Crippen LogP) is 3.12. The molecule has 0 fully saturated rings. The molecule has 4 nitrogen and oxygen atoms in total. The molecule has 23 heavy (non-hydrogen) atoms. The number of carbonyl (C=O) groups excluding carboxylic acids is 2. The summed E-state index contributed by atoms with van der Waals surface area (Å²) in [6.07, 6.45) is 2.20. The van der Waals surface area contributed by atoms with Crippen LogP contribution in [0.2, 0.25) is 0 Å². The molecule has 0 spiro atoms. The minimum absolute atomic E-state index is 0.0288. The van der Waals surface area contributed by atoms with E-state index in [1.54, 1.807) is 11.3 Å². The maximum atomic E-state index is 12.4. The largest absolute Gasteiger partial charge is 0.349 e. The molecule has 0 unspecified atom stereocenters. The maximum Gasteiger partial charge on any atom is 0.222 e. The molecule has 0 aliphatic heterocycles. The lowest BCUT2D eigenvalue weighted by molar-refractivity contribution is -0.123. The summed E-state index contributed by atoms with van der Waals surface area (Å²) >= 11 is 1.55. The maximum absolute atomic E-state index is 12.4. The zero-order valence-corrected chi connectivity index (χ0v) is 13.9. The second-order valence-electron chi connectivity index (χ2n) is 5.83. The van der Waals surface area contributed by atoms with Gasteiger partial charge in [-0.05, 0) is 35.4 Å². The minimum atomic E-state index is -0.260. The van der Waals surface area contributed by atoms with Gasteiger partial charge in [-0.3, -0.25) is 9.59 Å². The van der Waals surface area contributed by atoms with E-state index in [9.17, 15) is 9.59 Å². The van der Waals surface area contributed by atoms with Crippen LogP contribution in [-0.2, 0) is 16.0 Å². The van der Waals surface area contributed by atoms with Gasteiger partial charge < -0.3 is 10.6 Å². The number of fused-ring (bicyclic) bond motifs is 1. The van der Waals surface area contributed by atoms with E-state index in [4.69, 9.17) is 0 Å². The minimum Gasteiger partial charge on any atom is -0.349 e. The van der Waals surface area contributed by atoms with Crippen LogP contribution >= 0.6 is 11.3 Å². The lowest BCUT2D eigenvalue weighted by Crippen LogP contribution is -2.33. The van der Waals surface area contributed by atoms with Crippen LogP contribution in [0, 0.1) is 0 Å². The number of hydrogen-bond acceptors (Lipinski definition) is 3. The molecule has 0 saturated carbocycles. The third-order valence-corrected chi connectivity index (χ3v) is 5.11. The van der Waals surface area contributed by atoms with Crippen molar-refractivity contribution in [1.29, 1.82) is 0 Å². The average Bonchev–Trinajstić information content (AvgIpc) is 3.16. The van der Waals surface area contributed by atoms with Crippen molar-refractivity contribution < 1.29 is 9.59 Å². The molecule has 2 N–H and O–H groups in total. The molecule has 1 aromatic heterocycles. The Kier molecular flexibility index (Phi) is 4.76. The fourth-order valence-corrected chi connectivity index (χ4v) is 3.88.